The van der Waals surface area contributed by atoms with E-state index in [1.807, 2.05) is 38.1 Å². The van der Waals surface area contributed by atoms with Gasteiger partial charge < -0.3 is 14.4 Å². The fourth-order valence-corrected chi connectivity index (χ4v) is 3.44. The van der Waals surface area contributed by atoms with Gasteiger partial charge >= 0.3 is 0 Å². The molecule has 0 aliphatic rings. The zero-order chi connectivity index (χ0) is 18.0. The van der Waals surface area contributed by atoms with Gasteiger partial charge in [-0.3, -0.25) is 0 Å². The summed E-state index contributed by atoms with van der Waals surface area (Å²) in [5.74, 6) is 1.86. The minimum Gasteiger partial charge on any atom is -0.490 e. The highest BCUT2D eigenvalue weighted by atomic mass is 16.5. The van der Waals surface area contributed by atoms with Gasteiger partial charge in [-0.05, 0) is 44.0 Å². The number of aliphatic hydroxyl groups excluding tert-OH is 1. The van der Waals surface area contributed by atoms with Crippen LogP contribution >= 0.6 is 0 Å². The number of rotatable bonds is 6. The first-order valence-electron chi connectivity index (χ1n) is 8.82. The Morgan fingerprint density at radius 2 is 1.80 bits per heavy atom. The van der Waals surface area contributed by atoms with Gasteiger partial charge in [0.2, 0.25) is 0 Å². The van der Waals surface area contributed by atoms with Crippen molar-refractivity contribution in [1.82, 2.24) is 9.55 Å². The average molecular weight is 338 g/mol. The van der Waals surface area contributed by atoms with Crippen LogP contribution in [0.5, 0.6) is 5.75 Å². The van der Waals surface area contributed by atoms with Gasteiger partial charge in [-0.2, -0.15) is 0 Å². The molecule has 2 aromatic carbocycles. The molecule has 4 heteroatoms. The highest BCUT2D eigenvalue weighted by Crippen LogP contribution is 2.25. The maximum Gasteiger partial charge on any atom is 0.125 e. The predicted octanol–water partition coefficient (Wildman–Crippen LogP) is 3.96. The number of hydrogen-bond acceptors (Lipinski definition) is 3. The standard InChI is InChI=1S/C21H26N2O2/c1-5-20-22-18-8-6-7-9-19(18)23(20)12-17(24)13-25-21-15(3)10-14(2)11-16(21)4/h6-11,17,24H,5,12-13H2,1-4H3. The van der Waals surface area contributed by atoms with Gasteiger partial charge in [0.1, 0.15) is 24.3 Å². The number of aliphatic hydroxyl groups is 1. The highest BCUT2D eigenvalue weighted by molar-refractivity contribution is 5.75. The van der Waals surface area contributed by atoms with Crippen molar-refractivity contribution in [2.45, 2.75) is 46.8 Å². The second kappa shape index (κ2) is 7.28. The second-order valence-corrected chi connectivity index (χ2v) is 6.67. The van der Waals surface area contributed by atoms with Crippen LogP contribution in [-0.2, 0) is 13.0 Å². The van der Waals surface area contributed by atoms with Crippen LogP contribution in [-0.4, -0.2) is 27.4 Å². The van der Waals surface area contributed by atoms with Crippen molar-refractivity contribution in [3.05, 3.63) is 58.9 Å². The number of nitrogens with zero attached hydrogens (tertiary/aromatic N) is 2. The number of benzene rings is 2. The average Bonchev–Trinajstić information content (AvgIpc) is 2.91. The van der Waals surface area contributed by atoms with E-state index in [1.165, 1.54) is 5.56 Å². The SMILES string of the molecule is CCc1nc2ccccc2n1CC(O)COc1c(C)cc(C)cc1C. The van der Waals surface area contributed by atoms with Gasteiger partial charge in [0.05, 0.1) is 17.6 Å². The van der Waals surface area contributed by atoms with E-state index < -0.39 is 6.10 Å². The maximum absolute atomic E-state index is 10.5. The van der Waals surface area contributed by atoms with Crippen LogP contribution in [0.3, 0.4) is 0 Å². The zero-order valence-electron chi connectivity index (χ0n) is 15.4. The molecular weight excluding hydrogens is 312 g/mol. The Bertz CT molecular complexity index is 860. The summed E-state index contributed by atoms with van der Waals surface area (Å²) in [5, 5.41) is 10.5. The molecule has 0 amide bonds. The fourth-order valence-electron chi connectivity index (χ4n) is 3.44. The summed E-state index contributed by atoms with van der Waals surface area (Å²) in [5.41, 5.74) is 5.46. The van der Waals surface area contributed by atoms with Gasteiger partial charge in [-0.25, -0.2) is 4.98 Å². The Labute approximate surface area is 149 Å². The molecule has 0 saturated heterocycles. The summed E-state index contributed by atoms with van der Waals surface area (Å²) in [6, 6.07) is 12.3. The topological polar surface area (TPSA) is 47.3 Å². The maximum atomic E-state index is 10.5. The third kappa shape index (κ3) is 3.69. The lowest BCUT2D eigenvalue weighted by Gasteiger charge is -2.18. The second-order valence-electron chi connectivity index (χ2n) is 6.67. The van der Waals surface area contributed by atoms with Crippen molar-refractivity contribution < 1.29 is 9.84 Å². The lowest BCUT2D eigenvalue weighted by Crippen LogP contribution is -2.25. The summed E-state index contributed by atoms with van der Waals surface area (Å²) in [4.78, 5) is 4.65. The zero-order valence-corrected chi connectivity index (χ0v) is 15.4. The summed E-state index contributed by atoms with van der Waals surface area (Å²) in [6.07, 6.45) is 0.237. The molecule has 1 aromatic heterocycles. The summed E-state index contributed by atoms with van der Waals surface area (Å²) in [7, 11) is 0. The van der Waals surface area contributed by atoms with E-state index in [-0.39, 0.29) is 6.61 Å². The van der Waals surface area contributed by atoms with Gasteiger partial charge in [0.25, 0.3) is 0 Å². The van der Waals surface area contributed by atoms with Gasteiger partial charge in [-0.15, -0.1) is 0 Å². The molecule has 1 heterocycles. The largest absolute Gasteiger partial charge is 0.490 e. The quantitative estimate of drug-likeness (QED) is 0.740. The van der Waals surface area contributed by atoms with E-state index in [1.54, 1.807) is 0 Å². The van der Waals surface area contributed by atoms with Crippen molar-refractivity contribution in [3.8, 4) is 5.75 Å². The Balaban J connectivity index is 1.74. The van der Waals surface area contributed by atoms with E-state index >= 15 is 0 Å². The molecule has 0 aliphatic heterocycles. The first-order chi connectivity index (χ1) is 12.0. The van der Waals surface area contributed by atoms with Gasteiger partial charge in [0.15, 0.2) is 0 Å². The van der Waals surface area contributed by atoms with Crippen LogP contribution in [0.25, 0.3) is 11.0 Å². The van der Waals surface area contributed by atoms with Crippen LogP contribution in [0.1, 0.15) is 29.4 Å². The number of fused-ring (bicyclic) bond motifs is 1. The van der Waals surface area contributed by atoms with Crippen molar-refractivity contribution in [2.24, 2.45) is 0 Å². The number of imidazole rings is 1. The molecule has 0 radical (unpaired) electrons. The van der Waals surface area contributed by atoms with Crippen molar-refractivity contribution in [1.29, 1.82) is 0 Å². The van der Waals surface area contributed by atoms with Crippen molar-refractivity contribution in [3.63, 3.8) is 0 Å². The Morgan fingerprint density at radius 1 is 1.12 bits per heavy atom. The Morgan fingerprint density at radius 3 is 2.48 bits per heavy atom. The molecule has 0 aliphatic carbocycles. The summed E-state index contributed by atoms with van der Waals surface area (Å²) in [6.45, 7) is 8.99. The number of aryl methyl sites for hydroxylation is 4. The third-order valence-electron chi connectivity index (χ3n) is 4.47. The first-order valence-corrected chi connectivity index (χ1v) is 8.82. The number of para-hydroxylation sites is 2. The van der Waals surface area contributed by atoms with Crippen LogP contribution in [0.4, 0.5) is 0 Å². The molecule has 1 N–H and O–H groups in total. The molecule has 0 saturated carbocycles. The van der Waals surface area contributed by atoms with Crippen molar-refractivity contribution in [2.75, 3.05) is 6.61 Å². The smallest absolute Gasteiger partial charge is 0.125 e. The minimum atomic E-state index is -0.594. The molecule has 1 unspecified atom stereocenters. The van der Waals surface area contributed by atoms with E-state index in [2.05, 4.69) is 35.5 Å². The van der Waals surface area contributed by atoms with E-state index in [4.69, 9.17) is 4.74 Å². The van der Waals surface area contributed by atoms with Crippen LogP contribution in [0, 0.1) is 20.8 Å². The molecule has 0 spiro atoms. The van der Waals surface area contributed by atoms with E-state index in [0.717, 1.165) is 40.2 Å². The molecular formula is C21H26N2O2. The first kappa shape index (κ1) is 17.5. The van der Waals surface area contributed by atoms with Crippen molar-refractivity contribution >= 4 is 11.0 Å². The molecule has 132 valence electrons. The lowest BCUT2D eigenvalue weighted by atomic mass is 10.1. The molecule has 3 rings (SSSR count). The van der Waals surface area contributed by atoms with E-state index in [0.29, 0.717) is 6.54 Å². The monoisotopic (exact) mass is 338 g/mol. The molecule has 0 bridgehead atoms. The van der Waals surface area contributed by atoms with Crippen LogP contribution < -0.4 is 4.74 Å². The number of ether oxygens (including phenoxy) is 1. The Hall–Kier alpha value is -2.33. The normalized spacial score (nSPS) is 12.5. The fraction of sp³-hybridized carbons (Fsp3) is 0.381. The third-order valence-corrected chi connectivity index (χ3v) is 4.47. The number of hydrogen-bond donors (Lipinski definition) is 1. The summed E-state index contributed by atoms with van der Waals surface area (Å²) >= 11 is 0. The number of aromatic nitrogens is 2. The highest BCUT2D eigenvalue weighted by Gasteiger charge is 2.14. The molecule has 1 atom stereocenters. The van der Waals surface area contributed by atoms with Gasteiger partial charge in [-0.1, -0.05) is 36.8 Å². The molecule has 3 aromatic rings. The van der Waals surface area contributed by atoms with Crippen LogP contribution in [0.15, 0.2) is 36.4 Å². The molecule has 0 fully saturated rings. The molecule has 4 nitrogen and oxygen atoms in total. The molecule has 25 heavy (non-hydrogen) atoms. The van der Waals surface area contributed by atoms with Gasteiger partial charge in [0, 0.05) is 6.42 Å². The van der Waals surface area contributed by atoms with Crippen LogP contribution in [0.2, 0.25) is 0 Å². The predicted molar refractivity (Wildman–Crippen MR) is 101 cm³/mol. The Kier molecular flexibility index (Phi) is 5.09. The summed E-state index contributed by atoms with van der Waals surface area (Å²) < 4.78 is 8.03. The lowest BCUT2D eigenvalue weighted by molar-refractivity contribution is 0.0921. The van der Waals surface area contributed by atoms with E-state index in [9.17, 15) is 5.11 Å². The minimum absolute atomic E-state index is 0.264.